The molecular formula is C25H32O4. The zero-order valence-corrected chi connectivity index (χ0v) is 17.1. The Bertz CT molecular complexity index is 768. The maximum absolute atomic E-state index is 13.3. The maximum atomic E-state index is 13.3. The summed E-state index contributed by atoms with van der Waals surface area (Å²) in [6, 6.07) is 0. The molecule has 10 unspecified atom stereocenters. The largest absolute Gasteiger partial charge is 0.459 e. The predicted molar refractivity (Wildman–Crippen MR) is 105 cm³/mol. The molecule has 0 N–H and O–H groups in total. The second-order valence-electron chi connectivity index (χ2n) is 11.8. The zero-order valence-electron chi connectivity index (χ0n) is 17.1. The third-order valence-electron chi connectivity index (χ3n) is 10.7. The van der Waals surface area contributed by atoms with Gasteiger partial charge in [-0.2, -0.15) is 0 Å². The van der Waals surface area contributed by atoms with E-state index in [1.165, 1.54) is 31.8 Å². The SMILES string of the molecule is C=CC(=O)OC1CC2CC1C1C3CC(C(=O)OC45CC6CC(C4)C(C6)C5)C(C3)C21. The van der Waals surface area contributed by atoms with Gasteiger partial charge in [0.1, 0.15) is 11.7 Å². The van der Waals surface area contributed by atoms with Gasteiger partial charge in [-0.05, 0) is 111 Å². The van der Waals surface area contributed by atoms with Crippen LogP contribution in [0.15, 0.2) is 12.7 Å². The lowest BCUT2D eigenvalue weighted by molar-refractivity contribution is -0.173. The minimum Gasteiger partial charge on any atom is -0.459 e. The number of esters is 2. The van der Waals surface area contributed by atoms with E-state index in [0.29, 0.717) is 35.5 Å². The first kappa shape index (κ1) is 17.4. The van der Waals surface area contributed by atoms with Crippen molar-refractivity contribution in [3.05, 3.63) is 12.7 Å². The van der Waals surface area contributed by atoms with Crippen molar-refractivity contribution in [2.45, 2.75) is 69.5 Å². The smallest absolute Gasteiger partial charge is 0.330 e. The number of fused-ring (bicyclic) bond motifs is 9. The summed E-state index contributed by atoms with van der Waals surface area (Å²) in [5.41, 5.74) is -0.0898. The molecule has 4 nitrogen and oxygen atoms in total. The first-order valence-corrected chi connectivity index (χ1v) is 12.1. The summed E-state index contributed by atoms with van der Waals surface area (Å²) in [5, 5.41) is 0. The summed E-state index contributed by atoms with van der Waals surface area (Å²) in [4.78, 5) is 25.1. The molecule has 0 heterocycles. The fourth-order valence-electron chi connectivity index (χ4n) is 10.3. The van der Waals surface area contributed by atoms with Crippen LogP contribution >= 0.6 is 0 Å². The Morgan fingerprint density at radius 2 is 1.52 bits per heavy atom. The Kier molecular flexibility index (Phi) is 3.40. The summed E-state index contributed by atoms with van der Waals surface area (Å²) < 4.78 is 12.1. The van der Waals surface area contributed by atoms with Gasteiger partial charge in [-0.1, -0.05) is 6.58 Å². The number of carbonyl (C=O) groups excluding carboxylic acids is 2. The van der Waals surface area contributed by atoms with Gasteiger partial charge in [-0.3, -0.25) is 4.79 Å². The van der Waals surface area contributed by atoms with E-state index in [1.54, 1.807) is 0 Å². The van der Waals surface area contributed by atoms with E-state index in [1.807, 2.05) is 0 Å². The fraction of sp³-hybridized carbons (Fsp3) is 0.840. The Labute approximate surface area is 172 Å². The van der Waals surface area contributed by atoms with Crippen LogP contribution in [-0.2, 0) is 19.1 Å². The average molecular weight is 397 g/mol. The number of rotatable bonds is 4. The van der Waals surface area contributed by atoms with Gasteiger partial charge >= 0.3 is 11.9 Å². The summed E-state index contributed by atoms with van der Waals surface area (Å²) >= 11 is 0. The molecule has 8 rings (SSSR count). The molecule has 8 saturated carbocycles. The van der Waals surface area contributed by atoms with E-state index in [2.05, 4.69) is 6.58 Å². The molecule has 0 aliphatic heterocycles. The molecule has 0 radical (unpaired) electrons. The van der Waals surface area contributed by atoms with Crippen LogP contribution in [0.1, 0.15) is 57.8 Å². The molecule has 8 aliphatic rings. The highest BCUT2D eigenvalue weighted by Crippen LogP contribution is 2.69. The third-order valence-corrected chi connectivity index (χ3v) is 10.7. The topological polar surface area (TPSA) is 52.6 Å². The Morgan fingerprint density at radius 3 is 2.24 bits per heavy atom. The van der Waals surface area contributed by atoms with Gasteiger partial charge in [-0.15, -0.1) is 0 Å². The van der Waals surface area contributed by atoms with Crippen LogP contribution in [0, 0.1) is 59.2 Å². The van der Waals surface area contributed by atoms with Gasteiger partial charge in [-0.25, -0.2) is 4.79 Å². The number of carbonyl (C=O) groups is 2. The second-order valence-corrected chi connectivity index (χ2v) is 11.8. The molecule has 0 aromatic rings. The minimum atomic E-state index is -0.275. The molecule has 0 aromatic carbocycles. The van der Waals surface area contributed by atoms with Gasteiger partial charge in [0, 0.05) is 6.08 Å². The molecule has 8 bridgehead atoms. The van der Waals surface area contributed by atoms with E-state index < -0.39 is 0 Å². The van der Waals surface area contributed by atoms with Crippen molar-refractivity contribution >= 4 is 11.9 Å². The third kappa shape index (κ3) is 2.27. The number of ether oxygens (including phenoxy) is 2. The van der Waals surface area contributed by atoms with Crippen molar-refractivity contribution in [3.63, 3.8) is 0 Å². The van der Waals surface area contributed by atoms with Gasteiger partial charge in [0.25, 0.3) is 0 Å². The Morgan fingerprint density at radius 1 is 0.828 bits per heavy atom. The Hall–Kier alpha value is -1.32. The van der Waals surface area contributed by atoms with Crippen LogP contribution in [0.25, 0.3) is 0 Å². The Balaban J connectivity index is 1.05. The summed E-state index contributed by atoms with van der Waals surface area (Å²) in [5.74, 6) is 6.16. The summed E-state index contributed by atoms with van der Waals surface area (Å²) in [6.45, 7) is 3.54. The molecule has 0 saturated heterocycles. The van der Waals surface area contributed by atoms with E-state index in [0.717, 1.165) is 49.9 Å². The molecule has 0 amide bonds. The van der Waals surface area contributed by atoms with Crippen molar-refractivity contribution in [2.75, 3.05) is 0 Å². The second kappa shape index (κ2) is 5.68. The average Bonchev–Trinajstić information content (AvgIpc) is 3.49. The van der Waals surface area contributed by atoms with Crippen LogP contribution < -0.4 is 0 Å². The maximum Gasteiger partial charge on any atom is 0.330 e. The van der Waals surface area contributed by atoms with Crippen molar-refractivity contribution in [1.82, 2.24) is 0 Å². The molecule has 8 aliphatic carbocycles. The minimum absolute atomic E-state index is 0.0831. The van der Waals surface area contributed by atoms with Crippen molar-refractivity contribution in [2.24, 2.45) is 59.2 Å². The predicted octanol–water partition coefficient (Wildman–Crippen LogP) is 4.13. The van der Waals surface area contributed by atoms with Crippen molar-refractivity contribution in [1.29, 1.82) is 0 Å². The quantitative estimate of drug-likeness (QED) is 0.407. The van der Waals surface area contributed by atoms with Crippen LogP contribution in [-0.4, -0.2) is 23.6 Å². The lowest BCUT2D eigenvalue weighted by atomic mass is 9.66. The lowest BCUT2D eigenvalue weighted by Gasteiger charge is -2.42. The van der Waals surface area contributed by atoms with E-state index in [9.17, 15) is 9.59 Å². The summed E-state index contributed by atoms with van der Waals surface area (Å²) in [7, 11) is 0. The number of hydrogen-bond acceptors (Lipinski definition) is 4. The molecule has 10 atom stereocenters. The molecule has 0 spiro atoms. The standard InChI is InChI=1S/C25H32O4/c1-2-21(26)28-20-8-14-7-19(20)23-13-5-17(22(14)23)18(6-13)24(27)29-25-9-12-3-15(10-25)16(4-12)11-25/h2,12-20,22-23H,1,3-11H2. The zero-order chi connectivity index (χ0) is 19.5. The molecule has 0 aromatic heterocycles. The first-order valence-electron chi connectivity index (χ1n) is 12.1. The monoisotopic (exact) mass is 396 g/mol. The molecular weight excluding hydrogens is 364 g/mol. The summed E-state index contributed by atoms with van der Waals surface area (Å²) in [6.07, 6.45) is 12.0. The van der Waals surface area contributed by atoms with Crippen molar-refractivity contribution < 1.29 is 19.1 Å². The van der Waals surface area contributed by atoms with E-state index in [-0.39, 0.29) is 29.6 Å². The van der Waals surface area contributed by atoms with Gasteiger partial charge < -0.3 is 9.47 Å². The van der Waals surface area contributed by atoms with Crippen LogP contribution in [0.3, 0.4) is 0 Å². The van der Waals surface area contributed by atoms with Crippen molar-refractivity contribution in [3.8, 4) is 0 Å². The van der Waals surface area contributed by atoms with E-state index in [4.69, 9.17) is 9.47 Å². The van der Waals surface area contributed by atoms with Crippen LogP contribution in [0.4, 0.5) is 0 Å². The van der Waals surface area contributed by atoms with Gasteiger partial charge in [0.2, 0.25) is 0 Å². The highest BCUT2D eigenvalue weighted by atomic mass is 16.6. The molecule has 8 fully saturated rings. The van der Waals surface area contributed by atoms with Gasteiger partial charge in [0.05, 0.1) is 5.92 Å². The molecule has 29 heavy (non-hydrogen) atoms. The lowest BCUT2D eigenvalue weighted by Crippen LogP contribution is -2.44. The molecule has 4 heteroatoms. The van der Waals surface area contributed by atoms with Gasteiger partial charge in [0.15, 0.2) is 0 Å². The van der Waals surface area contributed by atoms with E-state index >= 15 is 0 Å². The number of hydrogen-bond donors (Lipinski definition) is 0. The normalized spacial score (nSPS) is 57.3. The highest BCUT2D eigenvalue weighted by Gasteiger charge is 2.67. The molecule has 156 valence electrons. The fourth-order valence-corrected chi connectivity index (χ4v) is 10.3. The first-order chi connectivity index (χ1) is 14.0. The van der Waals surface area contributed by atoms with Crippen LogP contribution in [0.2, 0.25) is 0 Å². The van der Waals surface area contributed by atoms with Crippen LogP contribution in [0.5, 0.6) is 0 Å². The highest BCUT2D eigenvalue weighted by molar-refractivity contribution is 5.81.